The number of carbonyl (C=O) groups excluding carboxylic acids is 1. The van der Waals surface area contributed by atoms with Crippen molar-refractivity contribution < 1.29 is 9.53 Å². The number of hydrogen-bond donors (Lipinski definition) is 1. The number of nitrogens with one attached hydrogen (secondary N) is 1. The van der Waals surface area contributed by atoms with Crippen LogP contribution in [0.4, 0.5) is 4.79 Å². The minimum Gasteiger partial charge on any atom is -0.373 e. The highest BCUT2D eigenvalue weighted by molar-refractivity contribution is 5.74. The Balaban J connectivity index is 1.84. The van der Waals surface area contributed by atoms with Crippen LogP contribution in [-0.2, 0) is 4.74 Å². The van der Waals surface area contributed by atoms with Crippen LogP contribution in [0.2, 0.25) is 0 Å². The third kappa shape index (κ3) is 2.09. The minimum absolute atomic E-state index is 0.0566. The molecular formula is C11H20N2O2. The van der Waals surface area contributed by atoms with E-state index in [1.54, 1.807) is 0 Å². The van der Waals surface area contributed by atoms with Gasteiger partial charge < -0.3 is 15.0 Å². The Morgan fingerprint density at radius 3 is 2.60 bits per heavy atom. The highest BCUT2D eigenvalue weighted by atomic mass is 16.5. The van der Waals surface area contributed by atoms with E-state index in [9.17, 15) is 4.79 Å². The summed E-state index contributed by atoms with van der Waals surface area (Å²) < 4.78 is 5.70. The summed E-state index contributed by atoms with van der Waals surface area (Å²) in [5.41, 5.74) is 0. The summed E-state index contributed by atoms with van der Waals surface area (Å²) >= 11 is 0. The molecule has 0 aliphatic carbocycles. The van der Waals surface area contributed by atoms with Gasteiger partial charge in [0, 0.05) is 13.1 Å². The van der Waals surface area contributed by atoms with Gasteiger partial charge in [-0.25, -0.2) is 4.79 Å². The number of rotatable bonds is 3. The first kappa shape index (κ1) is 10.7. The summed E-state index contributed by atoms with van der Waals surface area (Å²) in [4.78, 5) is 13.6. The van der Waals surface area contributed by atoms with E-state index < -0.39 is 0 Å². The van der Waals surface area contributed by atoms with E-state index in [0.717, 1.165) is 25.9 Å². The van der Waals surface area contributed by atoms with Gasteiger partial charge in [-0.1, -0.05) is 0 Å². The molecule has 2 aliphatic rings. The Morgan fingerprint density at radius 2 is 2.13 bits per heavy atom. The molecule has 86 valence electrons. The van der Waals surface area contributed by atoms with Gasteiger partial charge in [0.05, 0.1) is 18.2 Å². The van der Waals surface area contributed by atoms with E-state index >= 15 is 0 Å². The van der Waals surface area contributed by atoms with Gasteiger partial charge in [0.25, 0.3) is 0 Å². The third-order valence-electron chi connectivity index (χ3n) is 3.47. The van der Waals surface area contributed by atoms with Crippen molar-refractivity contribution in [1.29, 1.82) is 0 Å². The zero-order chi connectivity index (χ0) is 10.8. The molecule has 2 bridgehead atoms. The van der Waals surface area contributed by atoms with E-state index in [2.05, 4.69) is 5.32 Å². The number of hydrogen-bond acceptors (Lipinski definition) is 2. The lowest BCUT2D eigenvalue weighted by molar-refractivity contribution is 0.0971. The van der Waals surface area contributed by atoms with Gasteiger partial charge in [-0.05, 0) is 33.1 Å². The summed E-state index contributed by atoms with van der Waals surface area (Å²) in [5.74, 6) is 0. The second-order valence-corrected chi connectivity index (χ2v) is 4.34. The molecule has 4 nitrogen and oxygen atoms in total. The molecule has 3 atom stereocenters. The fourth-order valence-corrected chi connectivity index (χ4v) is 2.55. The summed E-state index contributed by atoms with van der Waals surface area (Å²) in [6, 6.07) is 0.304. The maximum atomic E-state index is 11.8. The molecule has 0 aromatic carbocycles. The molecule has 0 saturated carbocycles. The standard InChI is InChI=1S/C11H20N2O2/c1-3-13(4-2)11(14)12-9-7-8-5-6-10(9)15-8/h8-10H,3-7H2,1-2H3,(H,12,14). The maximum Gasteiger partial charge on any atom is 0.317 e. The summed E-state index contributed by atoms with van der Waals surface area (Å²) in [6.45, 7) is 5.54. The van der Waals surface area contributed by atoms with Gasteiger partial charge in [-0.2, -0.15) is 0 Å². The van der Waals surface area contributed by atoms with Crippen molar-refractivity contribution in [2.45, 2.75) is 51.4 Å². The predicted octanol–water partition coefficient (Wildman–Crippen LogP) is 1.36. The Kier molecular flexibility index (Phi) is 3.14. The van der Waals surface area contributed by atoms with Crippen molar-refractivity contribution in [3.8, 4) is 0 Å². The zero-order valence-electron chi connectivity index (χ0n) is 9.53. The van der Waals surface area contributed by atoms with Crippen LogP contribution in [0.5, 0.6) is 0 Å². The largest absolute Gasteiger partial charge is 0.373 e. The van der Waals surface area contributed by atoms with E-state index in [0.29, 0.717) is 6.10 Å². The Bertz CT molecular complexity index is 241. The summed E-state index contributed by atoms with van der Waals surface area (Å²) in [6.07, 6.45) is 3.94. The molecule has 1 N–H and O–H groups in total. The Morgan fingerprint density at radius 1 is 1.40 bits per heavy atom. The van der Waals surface area contributed by atoms with E-state index in [1.165, 1.54) is 6.42 Å². The van der Waals surface area contributed by atoms with Crippen molar-refractivity contribution in [3.05, 3.63) is 0 Å². The smallest absolute Gasteiger partial charge is 0.317 e. The quantitative estimate of drug-likeness (QED) is 0.767. The molecule has 0 spiro atoms. The molecule has 2 amide bonds. The molecule has 2 heterocycles. The molecule has 2 fully saturated rings. The second kappa shape index (κ2) is 4.39. The first-order chi connectivity index (χ1) is 7.24. The summed E-state index contributed by atoms with van der Waals surface area (Å²) in [7, 11) is 0. The van der Waals surface area contributed by atoms with E-state index in [4.69, 9.17) is 4.74 Å². The lowest BCUT2D eigenvalue weighted by atomic mass is 9.96. The molecule has 0 aromatic rings. The van der Waals surface area contributed by atoms with Gasteiger partial charge in [-0.3, -0.25) is 0 Å². The van der Waals surface area contributed by atoms with Crippen LogP contribution in [0.1, 0.15) is 33.1 Å². The van der Waals surface area contributed by atoms with Crippen LogP contribution in [-0.4, -0.2) is 42.3 Å². The lowest BCUT2D eigenvalue weighted by Gasteiger charge is -2.25. The fraction of sp³-hybridized carbons (Fsp3) is 0.909. The Hall–Kier alpha value is -0.770. The van der Waals surface area contributed by atoms with Crippen LogP contribution in [0.15, 0.2) is 0 Å². The third-order valence-corrected chi connectivity index (χ3v) is 3.47. The van der Waals surface area contributed by atoms with Gasteiger partial charge in [0.15, 0.2) is 0 Å². The number of ether oxygens (including phenoxy) is 1. The molecular weight excluding hydrogens is 192 g/mol. The fourth-order valence-electron chi connectivity index (χ4n) is 2.55. The van der Waals surface area contributed by atoms with Crippen molar-refractivity contribution in [2.75, 3.05) is 13.1 Å². The van der Waals surface area contributed by atoms with Gasteiger partial charge in [0.2, 0.25) is 0 Å². The molecule has 15 heavy (non-hydrogen) atoms. The number of carbonyl (C=O) groups is 1. The number of fused-ring (bicyclic) bond motifs is 2. The normalized spacial score (nSPS) is 33.1. The molecule has 3 unspecified atom stereocenters. The van der Waals surface area contributed by atoms with E-state index in [1.807, 2.05) is 18.7 Å². The molecule has 0 aromatic heterocycles. The van der Waals surface area contributed by atoms with Crippen LogP contribution >= 0.6 is 0 Å². The zero-order valence-corrected chi connectivity index (χ0v) is 9.53. The maximum absolute atomic E-state index is 11.8. The van der Waals surface area contributed by atoms with Crippen LogP contribution in [0, 0.1) is 0 Å². The van der Waals surface area contributed by atoms with Crippen molar-refractivity contribution >= 4 is 6.03 Å². The first-order valence-electron chi connectivity index (χ1n) is 5.95. The molecule has 2 aliphatic heterocycles. The SMILES string of the molecule is CCN(CC)C(=O)NC1CC2CCC1O2. The Labute approximate surface area is 91.0 Å². The topological polar surface area (TPSA) is 41.6 Å². The van der Waals surface area contributed by atoms with Crippen molar-refractivity contribution in [1.82, 2.24) is 10.2 Å². The van der Waals surface area contributed by atoms with Crippen molar-refractivity contribution in [3.63, 3.8) is 0 Å². The van der Waals surface area contributed by atoms with Gasteiger partial charge in [0.1, 0.15) is 0 Å². The minimum atomic E-state index is 0.0566. The lowest BCUT2D eigenvalue weighted by Crippen LogP contribution is -2.48. The van der Waals surface area contributed by atoms with Crippen LogP contribution < -0.4 is 5.32 Å². The molecule has 2 saturated heterocycles. The highest BCUT2D eigenvalue weighted by Gasteiger charge is 2.41. The summed E-state index contributed by atoms with van der Waals surface area (Å²) in [5, 5.41) is 3.07. The molecule has 4 heteroatoms. The number of urea groups is 1. The van der Waals surface area contributed by atoms with Gasteiger partial charge >= 0.3 is 6.03 Å². The average molecular weight is 212 g/mol. The first-order valence-corrected chi connectivity index (χ1v) is 5.95. The van der Waals surface area contributed by atoms with Crippen LogP contribution in [0.3, 0.4) is 0 Å². The van der Waals surface area contributed by atoms with E-state index in [-0.39, 0.29) is 18.2 Å². The average Bonchev–Trinajstić information content (AvgIpc) is 2.81. The molecule has 2 rings (SSSR count). The predicted molar refractivity (Wildman–Crippen MR) is 57.8 cm³/mol. The number of amides is 2. The number of nitrogens with zero attached hydrogens (tertiary/aromatic N) is 1. The monoisotopic (exact) mass is 212 g/mol. The highest BCUT2D eigenvalue weighted by Crippen LogP contribution is 2.34. The van der Waals surface area contributed by atoms with Gasteiger partial charge in [-0.15, -0.1) is 0 Å². The van der Waals surface area contributed by atoms with Crippen LogP contribution in [0.25, 0.3) is 0 Å². The molecule has 0 radical (unpaired) electrons. The second-order valence-electron chi connectivity index (χ2n) is 4.34. The van der Waals surface area contributed by atoms with Crippen molar-refractivity contribution in [2.24, 2.45) is 0 Å².